The molecule has 31 heavy (non-hydrogen) atoms. The molecule has 3 N–H and O–H groups in total. The average molecular weight is 420 g/mol. The van der Waals surface area contributed by atoms with Crippen molar-refractivity contribution in [3.63, 3.8) is 0 Å². The summed E-state index contributed by atoms with van der Waals surface area (Å²) >= 11 is 0. The minimum atomic E-state index is -0.573. The number of hydrogen-bond donors (Lipinski definition) is 3. The summed E-state index contributed by atoms with van der Waals surface area (Å²) in [5, 5.41) is 20.8. The lowest BCUT2D eigenvalue weighted by Gasteiger charge is -2.06. The maximum Gasteiger partial charge on any atom is 0.227 e. The van der Waals surface area contributed by atoms with Crippen LogP contribution in [0.15, 0.2) is 57.7 Å². The molecule has 4 rings (SSSR count). The van der Waals surface area contributed by atoms with Crippen molar-refractivity contribution >= 4 is 0 Å². The zero-order valence-electron chi connectivity index (χ0n) is 17.1. The standard InChI is InChI=1S/C23H20N2O6/c1-12-9-18(27)21(28)22(31-12)20-19(13-5-4-6-14(10-13)29-2)24-23(25-20)16-11-15(30-3)7-8-17(16)26/h4-11,26,28H,1-3H3,(H,24,25). The molecule has 4 aromatic rings. The van der Waals surface area contributed by atoms with Crippen LogP contribution >= 0.6 is 0 Å². The molecule has 2 aromatic carbocycles. The molecule has 0 amide bonds. The van der Waals surface area contributed by atoms with Gasteiger partial charge in [-0.1, -0.05) is 12.1 Å². The van der Waals surface area contributed by atoms with Crippen molar-refractivity contribution in [3.8, 4) is 57.1 Å². The van der Waals surface area contributed by atoms with Crippen molar-refractivity contribution in [3.05, 3.63) is 64.5 Å². The van der Waals surface area contributed by atoms with Gasteiger partial charge in [0.1, 0.15) is 40.2 Å². The first-order chi connectivity index (χ1) is 14.9. The smallest absolute Gasteiger partial charge is 0.227 e. The second-order valence-corrected chi connectivity index (χ2v) is 6.82. The third-order valence-corrected chi connectivity index (χ3v) is 4.78. The molecule has 158 valence electrons. The van der Waals surface area contributed by atoms with Gasteiger partial charge in [0.15, 0.2) is 5.76 Å². The van der Waals surface area contributed by atoms with Gasteiger partial charge in [0, 0.05) is 11.6 Å². The molecule has 2 heterocycles. The van der Waals surface area contributed by atoms with Crippen LogP contribution in [0.25, 0.3) is 34.1 Å². The number of nitrogens with zero attached hydrogens (tertiary/aromatic N) is 1. The van der Waals surface area contributed by atoms with Crippen LogP contribution in [0.4, 0.5) is 0 Å². The number of hydrogen-bond acceptors (Lipinski definition) is 7. The minimum Gasteiger partial charge on any atom is -0.507 e. The number of H-pyrrole nitrogens is 1. The molecule has 8 nitrogen and oxygen atoms in total. The Morgan fingerprint density at radius 3 is 2.48 bits per heavy atom. The first kappa shape index (κ1) is 20.1. The Morgan fingerprint density at radius 2 is 1.74 bits per heavy atom. The molecule has 8 heteroatoms. The number of aromatic hydroxyl groups is 2. The number of aromatic nitrogens is 2. The van der Waals surface area contributed by atoms with Gasteiger partial charge in [-0.3, -0.25) is 4.79 Å². The summed E-state index contributed by atoms with van der Waals surface area (Å²) in [6.07, 6.45) is 0. The Bertz CT molecular complexity index is 1320. The van der Waals surface area contributed by atoms with Crippen molar-refractivity contribution < 1.29 is 24.1 Å². The average Bonchev–Trinajstić information content (AvgIpc) is 3.21. The van der Waals surface area contributed by atoms with Crippen LogP contribution in [0.1, 0.15) is 5.76 Å². The molecule has 0 aliphatic heterocycles. The number of aryl methyl sites for hydroxylation is 1. The maximum atomic E-state index is 12.2. The van der Waals surface area contributed by atoms with Crippen molar-refractivity contribution in [2.75, 3.05) is 14.2 Å². The zero-order valence-corrected chi connectivity index (χ0v) is 17.1. The molecular weight excluding hydrogens is 400 g/mol. The summed E-state index contributed by atoms with van der Waals surface area (Å²) in [6, 6.07) is 13.1. The van der Waals surface area contributed by atoms with E-state index in [2.05, 4.69) is 9.97 Å². The predicted octanol–water partition coefficient (Wildman–Crippen LogP) is 4.10. The van der Waals surface area contributed by atoms with Crippen molar-refractivity contribution in [1.82, 2.24) is 9.97 Å². The monoisotopic (exact) mass is 420 g/mol. The van der Waals surface area contributed by atoms with E-state index < -0.39 is 11.2 Å². The van der Waals surface area contributed by atoms with E-state index in [9.17, 15) is 15.0 Å². The molecule has 0 spiro atoms. The number of nitrogens with one attached hydrogen (secondary N) is 1. The van der Waals surface area contributed by atoms with Gasteiger partial charge in [0.2, 0.25) is 11.2 Å². The fourth-order valence-electron chi connectivity index (χ4n) is 3.25. The molecule has 0 radical (unpaired) electrons. The first-order valence-corrected chi connectivity index (χ1v) is 9.37. The second-order valence-electron chi connectivity index (χ2n) is 6.82. The van der Waals surface area contributed by atoms with Crippen LogP contribution in [0.3, 0.4) is 0 Å². The maximum absolute atomic E-state index is 12.2. The van der Waals surface area contributed by atoms with Gasteiger partial charge in [0.25, 0.3) is 0 Å². The highest BCUT2D eigenvalue weighted by Gasteiger charge is 2.23. The van der Waals surface area contributed by atoms with E-state index in [0.29, 0.717) is 39.9 Å². The fourth-order valence-corrected chi connectivity index (χ4v) is 3.25. The summed E-state index contributed by atoms with van der Waals surface area (Å²) in [6.45, 7) is 1.61. The van der Waals surface area contributed by atoms with Crippen LogP contribution in [-0.2, 0) is 0 Å². The van der Waals surface area contributed by atoms with Gasteiger partial charge in [-0.05, 0) is 37.3 Å². The molecule has 0 atom stereocenters. The van der Waals surface area contributed by atoms with Gasteiger partial charge >= 0.3 is 0 Å². The van der Waals surface area contributed by atoms with E-state index in [1.54, 1.807) is 44.4 Å². The predicted molar refractivity (Wildman–Crippen MR) is 115 cm³/mol. The number of phenolic OH excluding ortho intramolecular Hbond substituents is 1. The van der Waals surface area contributed by atoms with Crippen LogP contribution in [-0.4, -0.2) is 34.4 Å². The molecule has 0 unspecified atom stereocenters. The third kappa shape index (κ3) is 3.71. The summed E-state index contributed by atoms with van der Waals surface area (Å²) in [4.78, 5) is 19.9. The first-order valence-electron chi connectivity index (χ1n) is 9.37. The number of imidazole rings is 1. The topological polar surface area (TPSA) is 118 Å². The number of ether oxygens (including phenoxy) is 2. The highest BCUT2D eigenvalue weighted by molar-refractivity contribution is 5.82. The fraction of sp³-hybridized carbons (Fsp3) is 0.130. The van der Waals surface area contributed by atoms with Crippen molar-refractivity contribution in [2.45, 2.75) is 6.92 Å². The molecule has 0 fully saturated rings. The Morgan fingerprint density at radius 1 is 1.00 bits per heavy atom. The Labute approximate surface area is 177 Å². The summed E-state index contributed by atoms with van der Waals surface area (Å²) in [5.41, 5.74) is 1.15. The molecule has 2 aromatic heterocycles. The largest absolute Gasteiger partial charge is 0.507 e. The Balaban J connectivity index is 2.01. The van der Waals surface area contributed by atoms with Crippen LogP contribution in [0, 0.1) is 6.92 Å². The number of methoxy groups -OCH3 is 2. The molecule has 0 aliphatic rings. The molecule has 0 bridgehead atoms. The Hall–Kier alpha value is -4.20. The highest BCUT2D eigenvalue weighted by atomic mass is 16.5. The molecule has 0 saturated heterocycles. The van der Waals surface area contributed by atoms with E-state index >= 15 is 0 Å². The summed E-state index contributed by atoms with van der Waals surface area (Å²) in [5.74, 6) is 1.14. The van der Waals surface area contributed by atoms with Gasteiger partial charge < -0.3 is 29.1 Å². The minimum absolute atomic E-state index is 0.0202. The number of rotatable bonds is 5. The van der Waals surface area contributed by atoms with Crippen LogP contribution in [0.2, 0.25) is 0 Å². The van der Waals surface area contributed by atoms with E-state index in [-0.39, 0.29) is 17.2 Å². The number of phenols is 1. The second kappa shape index (κ2) is 7.91. The summed E-state index contributed by atoms with van der Waals surface area (Å²) < 4.78 is 16.2. The highest BCUT2D eigenvalue weighted by Crippen LogP contribution is 2.39. The van der Waals surface area contributed by atoms with Gasteiger partial charge in [-0.25, -0.2) is 4.98 Å². The third-order valence-electron chi connectivity index (χ3n) is 4.78. The Kier molecular flexibility index (Phi) is 5.12. The normalized spacial score (nSPS) is 10.8. The van der Waals surface area contributed by atoms with Gasteiger partial charge in [-0.15, -0.1) is 0 Å². The molecule has 0 aliphatic carbocycles. The lowest BCUT2D eigenvalue weighted by atomic mass is 10.1. The van der Waals surface area contributed by atoms with E-state index in [1.165, 1.54) is 19.2 Å². The number of benzene rings is 2. The lowest BCUT2D eigenvalue weighted by molar-refractivity contribution is 0.412. The van der Waals surface area contributed by atoms with E-state index in [0.717, 1.165) is 0 Å². The van der Waals surface area contributed by atoms with Crippen LogP contribution < -0.4 is 14.9 Å². The quantitative estimate of drug-likeness (QED) is 0.445. The van der Waals surface area contributed by atoms with Crippen LogP contribution in [0.5, 0.6) is 23.0 Å². The van der Waals surface area contributed by atoms with Gasteiger partial charge in [0.05, 0.1) is 19.8 Å². The SMILES string of the molecule is COc1cccc(-c2nc(-c3cc(OC)ccc3O)[nH]c2-c2oc(C)cc(=O)c2O)c1. The zero-order chi connectivity index (χ0) is 22.1. The van der Waals surface area contributed by atoms with Crippen molar-refractivity contribution in [2.24, 2.45) is 0 Å². The molecular formula is C23H20N2O6. The lowest BCUT2D eigenvalue weighted by Crippen LogP contribution is -2.01. The van der Waals surface area contributed by atoms with Crippen molar-refractivity contribution in [1.29, 1.82) is 0 Å². The number of aromatic amines is 1. The van der Waals surface area contributed by atoms with Gasteiger partial charge in [-0.2, -0.15) is 0 Å². The van der Waals surface area contributed by atoms with E-state index in [4.69, 9.17) is 13.9 Å². The van der Waals surface area contributed by atoms with E-state index in [1.807, 2.05) is 6.07 Å². The molecule has 0 saturated carbocycles. The summed E-state index contributed by atoms with van der Waals surface area (Å²) in [7, 11) is 3.07.